The summed E-state index contributed by atoms with van der Waals surface area (Å²) in [5.74, 6) is 0.262. The number of hydrogen-bond acceptors (Lipinski definition) is 1. The zero-order chi connectivity index (χ0) is 13.2. The Morgan fingerprint density at radius 3 is 2.12 bits per heavy atom. The minimum atomic E-state index is -0.240. The standard InChI is InChI=1S/C12H18Br3NO/c1-10(2)11(8(14)15)5-6-12(10,7(11)13)9(17)16(3)4/h7-8H,5-6H2,1-4H3/t7-,11+,12+/m1/s1. The zero-order valence-electron chi connectivity index (χ0n) is 10.6. The van der Waals surface area contributed by atoms with Gasteiger partial charge in [0.25, 0.3) is 0 Å². The fraction of sp³-hybridized carbons (Fsp3) is 0.917. The molecule has 5 heteroatoms. The van der Waals surface area contributed by atoms with Crippen molar-refractivity contribution in [2.24, 2.45) is 16.2 Å². The van der Waals surface area contributed by atoms with Gasteiger partial charge in [-0.05, 0) is 18.3 Å². The molecule has 98 valence electrons. The summed E-state index contributed by atoms with van der Waals surface area (Å²) in [4.78, 5) is 14.5. The highest BCUT2D eigenvalue weighted by Crippen LogP contribution is 2.82. The van der Waals surface area contributed by atoms with Crippen LogP contribution in [0.25, 0.3) is 0 Å². The molecule has 0 unspecified atom stereocenters. The van der Waals surface area contributed by atoms with Gasteiger partial charge in [0.2, 0.25) is 5.91 Å². The van der Waals surface area contributed by atoms with Crippen molar-refractivity contribution < 1.29 is 4.79 Å². The molecule has 17 heavy (non-hydrogen) atoms. The lowest BCUT2D eigenvalue weighted by Gasteiger charge is -2.66. The van der Waals surface area contributed by atoms with Gasteiger partial charge in [-0.2, -0.15) is 0 Å². The Kier molecular flexibility index (Phi) is 3.33. The van der Waals surface area contributed by atoms with Crippen molar-refractivity contribution in [3.05, 3.63) is 0 Å². The summed E-state index contributed by atoms with van der Waals surface area (Å²) in [7, 11) is 3.70. The molecule has 0 heterocycles. The Morgan fingerprint density at radius 2 is 1.82 bits per heavy atom. The summed E-state index contributed by atoms with van der Waals surface area (Å²) in [6.07, 6.45) is 2.05. The lowest BCUT2D eigenvalue weighted by Crippen LogP contribution is -2.71. The number of hydrogen-bond donors (Lipinski definition) is 0. The summed E-state index contributed by atoms with van der Waals surface area (Å²) in [6, 6.07) is 0. The number of alkyl halides is 3. The molecule has 3 rings (SSSR count). The predicted octanol–water partition coefficient (Wildman–Crippen LogP) is 3.76. The van der Waals surface area contributed by atoms with Gasteiger partial charge in [0.05, 0.1) is 9.15 Å². The molecule has 1 amide bonds. The normalized spacial score (nSPS) is 42.5. The lowest BCUT2D eigenvalue weighted by molar-refractivity contribution is -0.170. The third-order valence-electron chi connectivity index (χ3n) is 5.27. The molecule has 3 atom stereocenters. The zero-order valence-corrected chi connectivity index (χ0v) is 15.3. The van der Waals surface area contributed by atoms with Crippen LogP contribution in [0.5, 0.6) is 0 Å². The molecule has 0 aromatic carbocycles. The number of halogens is 3. The number of fused-ring (bicyclic) bond motifs is 1. The fourth-order valence-corrected chi connectivity index (χ4v) is 8.97. The van der Waals surface area contributed by atoms with Crippen LogP contribution < -0.4 is 0 Å². The molecule has 0 spiro atoms. The molecule has 3 aliphatic carbocycles. The minimum Gasteiger partial charge on any atom is -0.348 e. The fourth-order valence-electron chi connectivity index (χ4n) is 4.07. The van der Waals surface area contributed by atoms with E-state index in [-0.39, 0.29) is 30.7 Å². The Morgan fingerprint density at radius 1 is 1.29 bits per heavy atom. The van der Waals surface area contributed by atoms with Crippen molar-refractivity contribution in [2.75, 3.05) is 14.1 Å². The molecule has 0 aromatic heterocycles. The first-order chi connectivity index (χ1) is 7.66. The molecule has 2 bridgehead atoms. The number of amides is 1. The molecule has 2 nitrogen and oxygen atoms in total. The monoisotopic (exact) mass is 429 g/mol. The summed E-state index contributed by atoms with van der Waals surface area (Å²) < 4.78 is 0.243. The van der Waals surface area contributed by atoms with E-state index in [4.69, 9.17) is 0 Å². The third kappa shape index (κ3) is 1.29. The van der Waals surface area contributed by atoms with Crippen LogP contribution in [0.1, 0.15) is 26.7 Å². The molecule has 3 saturated carbocycles. The van der Waals surface area contributed by atoms with Crippen molar-refractivity contribution in [3.8, 4) is 0 Å². The smallest absolute Gasteiger partial charge is 0.229 e. The van der Waals surface area contributed by atoms with E-state index in [1.54, 1.807) is 4.90 Å². The van der Waals surface area contributed by atoms with Crippen molar-refractivity contribution in [1.82, 2.24) is 4.90 Å². The van der Waals surface area contributed by atoms with E-state index in [1.807, 2.05) is 14.1 Å². The van der Waals surface area contributed by atoms with Gasteiger partial charge in [-0.1, -0.05) is 61.6 Å². The summed E-state index contributed by atoms with van der Waals surface area (Å²) in [5.41, 5.74) is -0.109. The van der Waals surface area contributed by atoms with Gasteiger partial charge in [0, 0.05) is 24.3 Å². The molecule has 0 radical (unpaired) electrons. The molecule has 0 aliphatic heterocycles. The first-order valence-corrected chi connectivity index (χ1v) is 8.55. The maximum Gasteiger partial charge on any atom is 0.229 e. The second-order valence-corrected chi connectivity index (χ2v) is 9.98. The van der Waals surface area contributed by atoms with Gasteiger partial charge in [-0.15, -0.1) is 0 Å². The van der Waals surface area contributed by atoms with Crippen LogP contribution in [0.4, 0.5) is 0 Å². The minimum absolute atomic E-state index is 0.00713. The van der Waals surface area contributed by atoms with Crippen LogP contribution in [0.3, 0.4) is 0 Å². The Labute approximate surface area is 128 Å². The van der Waals surface area contributed by atoms with E-state index >= 15 is 0 Å². The Hall–Kier alpha value is 0.910. The van der Waals surface area contributed by atoms with E-state index in [9.17, 15) is 4.79 Å². The SMILES string of the molecule is CN(C)C(=O)[C@]12CC[C@@](C(Br)Br)([C@H]1Br)C2(C)C. The van der Waals surface area contributed by atoms with E-state index in [2.05, 4.69) is 61.6 Å². The topological polar surface area (TPSA) is 20.3 Å². The average Bonchev–Trinajstić information content (AvgIpc) is 2.66. The Balaban J connectivity index is 2.46. The van der Waals surface area contributed by atoms with Crippen LogP contribution in [0.15, 0.2) is 0 Å². The van der Waals surface area contributed by atoms with Gasteiger partial charge in [0.1, 0.15) is 0 Å². The number of carbonyl (C=O) groups excluding carboxylic acids is 1. The summed E-state index contributed by atoms with van der Waals surface area (Å²) >= 11 is 11.2. The van der Waals surface area contributed by atoms with Gasteiger partial charge in [0.15, 0.2) is 0 Å². The van der Waals surface area contributed by atoms with Crippen molar-refractivity contribution in [2.45, 2.75) is 35.3 Å². The highest BCUT2D eigenvalue weighted by Gasteiger charge is 2.83. The van der Waals surface area contributed by atoms with Crippen molar-refractivity contribution in [3.63, 3.8) is 0 Å². The van der Waals surface area contributed by atoms with E-state index in [0.29, 0.717) is 0 Å². The molecule has 0 N–H and O–H groups in total. The predicted molar refractivity (Wildman–Crippen MR) is 80.9 cm³/mol. The lowest BCUT2D eigenvalue weighted by atomic mass is 9.43. The highest BCUT2D eigenvalue weighted by molar-refractivity contribution is 9.24. The number of rotatable bonds is 2. The highest BCUT2D eigenvalue weighted by atomic mass is 79.9. The second kappa shape index (κ2) is 3.95. The van der Waals surface area contributed by atoms with Crippen LogP contribution in [-0.2, 0) is 4.79 Å². The van der Waals surface area contributed by atoms with E-state index in [1.165, 1.54) is 0 Å². The van der Waals surface area contributed by atoms with Crippen molar-refractivity contribution >= 4 is 53.7 Å². The van der Waals surface area contributed by atoms with Crippen LogP contribution in [-0.4, -0.2) is 33.5 Å². The Bertz CT molecular complexity index is 369. The molecule has 0 aromatic rings. The summed E-state index contributed by atoms with van der Waals surface area (Å²) in [5, 5.41) is 0. The average molecular weight is 432 g/mol. The maximum atomic E-state index is 12.6. The molecule has 3 fully saturated rings. The van der Waals surface area contributed by atoms with Gasteiger partial charge in [-0.3, -0.25) is 4.79 Å². The molecule has 3 aliphatic rings. The van der Waals surface area contributed by atoms with Crippen LogP contribution >= 0.6 is 47.8 Å². The number of nitrogens with zero attached hydrogens (tertiary/aromatic N) is 1. The van der Waals surface area contributed by atoms with Crippen LogP contribution in [0, 0.1) is 16.2 Å². The van der Waals surface area contributed by atoms with Gasteiger partial charge < -0.3 is 4.90 Å². The van der Waals surface area contributed by atoms with Gasteiger partial charge >= 0.3 is 0 Å². The molecule has 0 saturated heterocycles. The maximum absolute atomic E-state index is 12.6. The first kappa shape index (κ1) is 14.3. The number of carbonyl (C=O) groups is 1. The molecular weight excluding hydrogens is 414 g/mol. The second-order valence-electron chi connectivity index (χ2n) is 6.00. The summed E-state index contributed by atoms with van der Waals surface area (Å²) in [6.45, 7) is 4.46. The quantitative estimate of drug-likeness (QED) is 0.609. The largest absolute Gasteiger partial charge is 0.348 e. The first-order valence-electron chi connectivity index (χ1n) is 5.80. The van der Waals surface area contributed by atoms with Crippen molar-refractivity contribution in [1.29, 1.82) is 0 Å². The third-order valence-corrected chi connectivity index (χ3v) is 8.51. The van der Waals surface area contributed by atoms with Gasteiger partial charge in [-0.25, -0.2) is 0 Å². The van der Waals surface area contributed by atoms with E-state index in [0.717, 1.165) is 12.8 Å². The molecular formula is C12H18Br3NO. The van der Waals surface area contributed by atoms with Crippen LogP contribution in [0.2, 0.25) is 0 Å². The van der Waals surface area contributed by atoms with E-state index < -0.39 is 0 Å².